The van der Waals surface area contributed by atoms with Crippen molar-refractivity contribution >= 4 is 5.97 Å². The van der Waals surface area contributed by atoms with Crippen molar-refractivity contribution in [1.29, 1.82) is 0 Å². The van der Waals surface area contributed by atoms with Gasteiger partial charge in [0.05, 0.1) is 12.7 Å². The monoisotopic (exact) mass is 570 g/mol. The molecule has 2 N–H and O–H groups in total. The molecule has 5 atom stereocenters. The van der Waals surface area contributed by atoms with Gasteiger partial charge >= 0.3 is 5.97 Å². The average Bonchev–Trinajstić information content (AvgIpc) is 3.33. The fourth-order valence-corrected chi connectivity index (χ4v) is 5.62. The highest BCUT2D eigenvalue weighted by atomic mass is 16.8. The van der Waals surface area contributed by atoms with E-state index in [1.54, 1.807) is 6.08 Å². The van der Waals surface area contributed by atoms with Crippen LogP contribution in [0.25, 0.3) is 0 Å². The zero-order chi connectivity index (χ0) is 28.9. The van der Waals surface area contributed by atoms with Gasteiger partial charge in [-0.1, -0.05) is 29.8 Å². The van der Waals surface area contributed by atoms with E-state index in [0.29, 0.717) is 39.1 Å². The quantitative estimate of drug-likeness (QED) is 0.120. The summed E-state index contributed by atoms with van der Waals surface area (Å²) in [6, 6.07) is 8.04. The first-order chi connectivity index (χ1) is 19.9. The van der Waals surface area contributed by atoms with E-state index in [1.807, 2.05) is 30.3 Å². The Morgan fingerprint density at radius 2 is 1.68 bits per heavy atom. The molecule has 1 aliphatic carbocycles. The Kier molecular flexibility index (Phi) is 12.5. The van der Waals surface area contributed by atoms with Gasteiger partial charge in [0.15, 0.2) is 12.6 Å². The fraction of sp³-hybridized carbons (Fsp3) is 0.636. The first-order valence-electron chi connectivity index (χ1n) is 15.2. The second kappa shape index (κ2) is 16.3. The van der Waals surface area contributed by atoms with Crippen LogP contribution in [-0.2, 0) is 23.7 Å². The first-order valence-corrected chi connectivity index (χ1v) is 15.2. The SMILES string of the molecule is Cc1ccc(OCC/C=C/[C@H]2CC[C@H](O)[C@@H]2CC=C=CCC(OC2CCCCO2)(OC2CCCCO2)C(=O)O)cc1. The molecule has 0 spiro atoms. The Hall–Kier alpha value is -2.45. The van der Waals surface area contributed by atoms with Gasteiger partial charge in [-0.15, -0.1) is 5.73 Å². The maximum absolute atomic E-state index is 12.5. The fourth-order valence-electron chi connectivity index (χ4n) is 5.62. The number of aryl methyl sites for hydroxylation is 1. The molecule has 0 aromatic heterocycles. The minimum Gasteiger partial charge on any atom is -0.493 e. The van der Waals surface area contributed by atoms with E-state index in [0.717, 1.165) is 50.7 Å². The summed E-state index contributed by atoms with van der Waals surface area (Å²) in [5, 5.41) is 20.8. The lowest BCUT2D eigenvalue weighted by atomic mass is 9.91. The molecule has 1 aromatic carbocycles. The summed E-state index contributed by atoms with van der Waals surface area (Å²) in [7, 11) is 0. The molecule has 226 valence electrons. The number of benzene rings is 1. The van der Waals surface area contributed by atoms with Crippen molar-refractivity contribution in [1.82, 2.24) is 0 Å². The van der Waals surface area contributed by atoms with Crippen molar-refractivity contribution in [2.45, 2.75) is 102 Å². The summed E-state index contributed by atoms with van der Waals surface area (Å²) in [6.45, 7) is 3.73. The lowest BCUT2D eigenvalue weighted by molar-refractivity contribution is -0.349. The van der Waals surface area contributed by atoms with Crippen molar-refractivity contribution in [3.05, 3.63) is 59.9 Å². The molecule has 4 rings (SSSR count). The summed E-state index contributed by atoms with van der Waals surface area (Å²) in [5.41, 5.74) is 4.33. The summed E-state index contributed by atoms with van der Waals surface area (Å²) < 4.78 is 29.1. The normalized spacial score (nSPS) is 28.1. The standard InChI is InChI=1S/C33H46O8/c1-25-15-18-27(19-16-25)37-22-8-4-11-26-17-20-29(34)28(26)12-3-2-7-21-33(32(35)36,40-30-13-5-9-23-38-30)41-31-14-6-10-24-39-31/h3-4,7,11,15-16,18-19,26,28-31,34H,5-6,8-10,12-14,17,20-24H2,1H3,(H,35,36)/b11-4+/t2?,26-,28+,29-,30?,31?,33?/m0/s1. The molecule has 8 nitrogen and oxygen atoms in total. The number of carboxylic acids is 1. The topological polar surface area (TPSA) is 104 Å². The highest BCUT2D eigenvalue weighted by molar-refractivity contribution is 5.76. The van der Waals surface area contributed by atoms with Gasteiger partial charge in [0.2, 0.25) is 0 Å². The van der Waals surface area contributed by atoms with Gasteiger partial charge in [-0.2, -0.15) is 0 Å². The van der Waals surface area contributed by atoms with Crippen LogP contribution in [0, 0.1) is 18.8 Å². The van der Waals surface area contributed by atoms with Crippen LogP contribution in [0.3, 0.4) is 0 Å². The third-order valence-electron chi connectivity index (χ3n) is 8.04. The molecule has 8 heteroatoms. The minimum absolute atomic E-state index is 0.0317. The summed E-state index contributed by atoms with van der Waals surface area (Å²) >= 11 is 0. The predicted molar refractivity (Wildman–Crippen MR) is 154 cm³/mol. The van der Waals surface area contributed by atoms with Crippen LogP contribution in [0.2, 0.25) is 0 Å². The van der Waals surface area contributed by atoms with E-state index < -0.39 is 24.3 Å². The maximum atomic E-state index is 12.5. The Morgan fingerprint density at radius 1 is 1.00 bits per heavy atom. The molecule has 2 unspecified atom stereocenters. The smallest absolute Gasteiger partial charge is 0.364 e. The van der Waals surface area contributed by atoms with Crippen LogP contribution in [0.1, 0.15) is 76.2 Å². The van der Waals surface area contributed by atoms with E-state index in [-0.39, 0.29) is 24.4 Å². The van der Waals surface area contributed by atoms with Crippen molar-refractivity contribution in [3.8, 4) is 5.75 Å². The van der Waals surface area contributed by atoms with Gasteiger partial charge < -0.3 is 33.9 Å². The van der Waals surface area contributed by atoms with E-state index in [4.69, 9.17) is 23.7 Å². The largest absolute Gasteiger partial charge is 0.493 e. The van der Waals surface area contributed by atoms with Crippen LogP contribution in [0.5, 0.6) is 5.75 Å². The molecular formula is C33H46O8. The molecule has 1 aromatic rings. The second-order valence-corrected chi connectivity index (χ2v) is 11.3. The molecule has 2 heterocycles. The molecule has 2 saturated heterocycles. The zero-order valence-corrected chi connectivity index (χ0v) is 24.2. The third kappa shape index (κ3) is 9.81. The van der Waals surface area contributed by atoms with Gasteiger partial charge in [0.25, 0.3) is 5.79 Å². The second-order valence-electron chi connectivity index (χ2n) is 11.3. The Morgan fingerprint density at radius 3 is 2.29 bits per heavy atom. The number of carbonyl (C=O) groups is 1. The van der Waals surface area contributed by atoms with Crippen molar-refractivity contribution in [2.24, 2.45) is 11.8 Å². The Balaban J connectivity index is 1.31. The van der Waals surface area contributed by atoms with Gasteiger partial charge in [0, 0.05) is 19.6 Å². The number of carboxylic acid groups (broad SMARTS) is 1. The van der Waals surface area contributed by atoms with Gasteiger partial charge in [-0.3, -0.25) is 0 Å². The molecule has 0 bridgehead atoms. The third-order valence-corrected chi connectivity index (χ3v) is 8.04. The molecule has 3 fully saturated rings. The van der Waals surface area contributed by atoms with E-state index in [1.165, 1.54) is 5.56 Å². The van der Waals surface area contributed by atoms with Crippen molar-refractivity contribution in [3.63, 3.8) is 0 Å². The molecule has 3 aliphatic rings. The Bertz CT molecular complexity index is 996. The number of rotatable bonds is 14. The number of ether oxygens (including phenoxy) is 5. The molecule has 0 amide bonds. The van der Waals surface area contributed by atoms with Crippen LogP contribution >= 0.6 is 0 Å². The molecule has 2 aliphatic heterocycles. The zero-order valence-electron chi connectivity index (χ0n) is 24.2. The highest BCUT2D eigenvalue weighted by Crippen LogP contribution is 2.36. The van der Waals surface area contributed by atoms with E-state index in [2.05, 4.69) is 24.8 Å². The van der Waals surface area contributed by atoms with Crippen molar-refractivity contribution < 1.29 is 38.7 Å². The summed E-state index contributed by atoms with van der Waals surface area (Å²) in [4.78, 5) is 12.5. The number of allylic oxidation sites excluding steroid dienone is 1. The predicted octanol–water partition coefficient (Wildman–Crippen LogP) is 6.07. The lowest BCUT2D eigenvalue weighted by Crippen LogP contribution is -2.50. The van der Waals surface area contributed by atoms with Gasteiger partial charge in [-0.25, -0.2) is 4.79 Å². The lowest BCUT2D eigenvalue weighted by Gasteiger charge is -2.37. The number of hydrogen-bond acceptors (Lipinski definition) is 7. The van der Waals surface area contributed by atoms with E-state index >= 15 is 0 Å². The molecule has 1 saturated carbocycles. The number of hydrogen-bond donors (Lipinski definition) is 2. The van der Waals surface area contributed by atoms with Crippen LogP contribution in [0.4, 0.5) is 0 Å². The first kappa shape index (κ1) is 31.5. The number of aliphatic hydroxyl groups is 1. The molecule has 0 radical (unpaired) electrons. The maximum Gasteiger partial charge on any atom is 0.364 e. The van der Waals surface area contributed by atoms with Crippen molar-refractivity contribution in [2.75, 3.05) is 19.8 Å². The summed E-state index contributed by atoms with van der Waals surface area (Å²) in [5.74, 6) is -1.88. The average molecular weight is 571 g/mol. The summed E-state index contributed by atoms with van der Waals surface area (Å²) in [6.07, 6.45) is 14.3. The number of aliphatic hydroxyl groups excluding tert-OH is 1. The van der Waals surface area contributed by atoms with Gasteiger partial charge in [0.1, 0.15) is 5.75 Å². The molecule has 41 heavy (non-hydrogen) atoms. The Labute approximate surface area is 244 Å². The van der Waals surface area contributed by atoms with Crippen LogP contribution in [0.15, 0.2) is 54.3 Å². The molecular weight excluding hydrogens is 524 g/mol. The van der Waals surface area contributed by atoms with Crippen LogP contribution < -0.4 is 4.74 Å². The number of aliphatic carboxylic acids is 1. The van der Waals surface area contributed by atoms with Gasteiger partial charge in [-0.05, 0) is 107 Å². The van der Waals surface area contributed by atoms with E-state index in [9.17, 15) is 15.0 Å². The minimum atomic E-state index is -1.91. The highest BCUT2D eigenvalue weighted by Gasteiger charge is 2.46. The van der Waals surface area contributed by atoms with Crippen LogP contribution in [-0.4, -0.2) is 60.5 Å².